The van der Waals surface area contributed by atoms with Gasteiger partial charge in [-0.3, -0.25) is 14.7 Å². The fourth-order valence-corrected chi connectivity index (χ4v) is 12.9. The van der Waals surface area contributed by atoms with Crippen LogP contribution in [0.15, 0.2) is 200 Å². The Kier molecular flexibility index (Phi) is 18.7. The second-order valence-corrected chi connectivity index (χ2v) is 22.1. The number of carbonyl (C=O) groups is 1. The highest BCUT2D eigenvalue weighted by atomic mass is 35.5. The number of likely N-dealkylation sites (tertiary alicyclic amines) is 1. The Hall–Kier alpha value is -6.95. The highest BCUT2D eigenvalue weighted by molar-refractivity contribution is 6.17. The Labute approximate surface area is 474 Å². The summed E-state index contributed by atoms with van der Waals surface area (Å²) >= 11 is 5.75. The summed E-state index contributed by atoms with van der Waals surface area (Å²) in [4.78, 5) is 25.6. The minimum Gasteiger partial charge on any atom is -0.324 e. The molecule has 2 spiro atoms. The van der Waals surface area contributed by atoms with E-state index in [2.05, 4.69) is 86.7 Å². The first kappa shape index (κ1) is 56.3. The third-order valence-corrected chi connectivity index (χ3v) is 17.2. The first-order valence-electron chi connectivity index (χ1n) is 28.3. The van der Waals surface area contributed by atoms with Crippen LogP contribution in [-0.2, 0) is 30.7 Å². The number of halogens is 5. The number of nitrogens with zero attached hydrogens (tertiary/aromatic N) is 4. The number of fused-ring (bicyclic) bond motifs is 4. The van der Waals surface area contributed by atoms with Crippen LogP contribution < -0.4 is 5.32 Å². The van der Waals surface area contributed by atoms with E-state index in [-0.39, 0.29) is 52.1 Å². The molecule has 0 saturated carbocycles. The van der Waals surface area contributed by atoms with Crippen molar-refractivity contribution in [2.75, 3.05) is 38.6 Å². The average molecular weight is 1100 g/mol. The summed E-state index contributed by atoms with van der Waals surface area (Å²) in [6.45, 7) is 7.61. The van der Waals surface area contributed by atoms with Crippen LogP contribution in [0.4, 0.5) is 17.6 Å². The van der Waals surface area contributed by atoms with Gasteiger partial charge in [-0.2, -0.15) is 0 Å². The van der Waals surface area contributed by atoms with Crippen molar-refractivity contribution in [3.8, 4) is 0 Å². The first-order valence-corrected chi connectivity index (χ1v) is 28.9. The quantitative estimate of drug-likeness (QED) is 0.0819. The van der Waals surface area contributed by atoms with Gasteiger partial charge in [0.25, 0.3) is 5.91 Å². The SMILES string of the molecule is Fc1ccc(C(CCCCl)c2ccc(F)cc2)cc1.O=C1c2ccccc2C2(CCN(CCCC(c3ccc(F)cc3)c3ccc(F)cc3)CC2)N1Cc1ccccc1.c1ccc(CN2Cc3cccnc3C23CCNCC3)cc1. The number of piperidine rings is 2. The molecule has 6 nitrogen and oxygen atoms in total. The molecule has 4 aliphatic rings. The zero-order valence-corrected chi connectivity index (χ0v) is 46.1. The molecule has 412 valence electrons. The molecule has 12 rings (SSSR count). The maximum atomic E-state index is 13.6. The largest absolute Gasteiger partial charge is 0.324 e. The molecule has 7 aromatic carbocycles. The summed E-state index contributed by atoms with van der Waals surface area (Å²) in [5.41, 5.74) is 11.3. The van der Waals surface area contributed by atoms with E-state index in [1.165, 1.54) is 70.9 Å². The zero-order chi connectivity index (χ0) is 55.3. The van der Waals surface area contributed by atoms with Crippen LogP contribution in [0.5, 0.6) is 0 Å². The molecule has 0 bridgehead atoms. The zero-order valence-electron chi connectivity index (χ0n) is 45.3. The van der Waals surface area contributed by atoms with Crippen LogP contribution in [-0.4, -0.2) is 64.2 Å². The van der Waals surface area contributed by atoms with Crippen LogP contribution in [0.3, 0.4) is 0 Å². The van der Waals surface area contributed by atoms with Gasteiger partial charge in [0, 0.05) is 62.2 Å². The molecule has 1 aromatic heterocycles. The molecule has 2 saturated heterocycles. The lowest BCUT2D eigenvalue weighted by molar-refractivity contribution is 0.0228. The molecule has 2 fully saturated rings. The molecule has 1 amide bonds. The number of pyridine rings is 1. The van der Waals surface area contributed by atoms with Crippen molar-refractivity contribution in [2.45, 2.75) is 93.9 Å². The number of hydrogen-bond donors (Lipinski definition) is 1. The number of nitrogens with one attached hydrogen (secondary N) is 1. The second kappa shape index (κ2) is 26.5. The van der Waals surface area contributed by atoms with Crippen LogP contribution >= 0.6 is 11.6 Å². The van der Waals surface area contributed by atoms with Crippen molar-refractivity contribution in [1.29, 1.82) is 0 Å². The molecule has 0 radical (unpaired) electrons. The normalized spacial score (nSPS) is 16.3. The van der Waals surface area contributed by atoms with E-state index in [1.807, 2.05) is 60.8 Å². The van der Waals surface area contributed by atoms with Gasteiger partial charge in [-0.15, -0.1) is 11.6 Å². The van der Waals surface area contributed by atoms with Crippen molar-refractivity contribution in [1.82, 2.24) is 25.0 Å². The Balaban J connectivity index is 0.000000150. The van der Waals surface area contributed by atoms with Crippen molar-refractivity contribution < 1.29 is 22.4 Å². The molecule has 0 aliphatic carbocycles. The maximum absolute atomic E-state index is 13.6. The van der Waals surface area contributed by atoms with E-state index >= 15 is 0 Å². The van der Waals surface area contributed by atoms with Crippen molar-refractivity contribution in [3.05, 3.63) is 279 Å². The van der Waals surface area contributed by atoms with Gasteiger partial charge in [-0.25, -0.2) is 17.6 Å². The molecule has 4 aliphatic heterocycles. The number of amides is 1. The van der Waals surface area contributed by atoms with E-state index in [1.54, 1.807) is 24.3 Å². The summed E-state index contributed by atoms with van der Waals surface area (Å²) < 4.78 is 53.2. The minimum absolute atomic E-state index is 0.0815. The Morgan fingerprint density at radius 3 is 1.51 bits per heavy atom. The van der Waals surface area contributed by atoms with Gasteiger partial charge in [0.15, 0.2) is 0 Å². The smallest absolute Gasteiger partial charge is 0.255 e. The lowest BCUT2D eigenvalue weighted by atomic mass is 9.80. The van der Waals surface area contributed by atoms with Crippen LogP contribution in [0, 0.1) is 23.3 Å². The molecule has 5 heterocycles. The third kappa shape index (κ3) is 13.1. The van der Waals surface area contributed by atoms with Crippen LogP contribution in [0.1, 0.15) is 124 Å². The van der Waals surface area contributed by atoms with Gasteiger partial charge in [-0.1, -0.05) is 133 Å². The van der Waals surface area contributed by atoms with Crippen LogP contribution in [0.25, 0.3) is 0 Å². The van der Waals surface area contributed by atoms with Gasteiger partial charge >= 0.3 is 0 Å². The predicted octanol–water partition coefficient (Wildman–Crippen LogP) is 15.3. The highest BCUT2D eigenvalue weighted by Crippen LogP contribution is 2.48. The summed E-state index contributed by atoms with van der Waals surface area (Å²) in [6.07, 6.45) is 9.66. The van der Waals surface area contributed by atoms with E-state index in [0.29, 0.717) is 12.4 Å². The molecule has 0 unspecified atom stereocenters. The third-order valence-electron chi connectivity index (χ3n) is 16.9. The maximum Gasteiger partial charge on any atom is 0.255 e. The van der Waals surface area contributed by atoms with Gasteiger partial charge in [-0.05, 0) is 176 Å². The fraction of sp³-hybridized carbons (Fsp3) is 0.304. The number of hydrogen-bond acceptors (Lipinski definition) is 5. The average Bonchev–Trinajstić information content (AvgIpc) is 3.92. The Morgan fingerprint density at radius 1 is 0.525 bits per heavy atom. The molecule has 0 atom stereocenters. The number of aromatic nitrogens is 1. The molecule has 80 heavy (non-hydrogen) atoms. The van der Waals surface area contributed by atoms with Crippen LogP contribution in [0.2, 0.25) is 0 Å². The second-order valence-electron chi connectivity index (χ2n) is 21.7. The topological polar surface area (TPSA) is 51.7 Å². The Bertz CT molecular complexity index is 3130. The Morgan fingerprint density at radius 2 is 1.00 bits per heavy atom. The summed E-state index contributed by atoms with van der Waals surface area (Å²) in [6, 6.07) is 59.8. The van der Waals surface area contributed by atoms with Crippen molar-refractivity contribution >= 4 is 17.5 Å². The lowest BCUT2D eigenvalue weighted by Gasteiger charge is -2.45. The fourth-order valence-electron chi connectivity index (χ4n) is 12.8. The number of alkyl halides is 1. The predicted molar refractivity (Wildman–Crippen MR) is 312 cm³/mol. The first-order chi connectivity index (χ1) is 39.1. The summed E-state index contributed by atoms with van der Waals surface area (Å²) in [5, 5.41) is 3.50. The number of rotatable bonds is 15. The lowest BCUT2D eigenvalue weighted by Crippen LogP contribution is -2.51. The van der Waals surface area contributed by atoms with E-state index in [9.17, 15) is 22.4 Å². The van der Waals surface area contributed by atoms with E-state index in [0.717, 1.165) is 131 Å². The van der Waals surface area contributed by atoms with Crippen molar-refractivity contribution in [2.24, 2.45) is 0 Å². The molecule has 11 heteroatoms. The summed E-state index contributed by atoms with van der Waals surface area (Å²) in [7, 11) is 0. The van der Waals surface area contributed by atoms with Gasteiger partial charge in [0.05, 0.1) is 16.8 Å². The monoisotopic (exact) mass is 1100 g/mol. The number of benzene rings is 7. The van der Waals surface area contributed by atoms with Gasteiger partial charge in [0.1, 0.15) is 23.3 Å². The van der Waals surface area contributed by atoms with E-state index < -0.39 is 0 Å². The molecular weight excluding hydrogens is 1030 g/mol. The molecule has 1 N–H and O–H groups in total. The number of carbonyl (C=O) groups excluding carboxylic acids is 1. The summed E-state index contributed by atoms with van der Waals surface area (Å²) in [5.74, 6) is -0.0849. The molecular formula is C69H70ClF4N5O. The van der Waals surface area contributed by atoms with Crippen molar-refractivity contribution in [3.63, 3.8) is 0 Å². The van der Waals surface area contributed by atoms with E-state index in [4.69, 9.17) is 16.6 Å². The van der Waals surface area contributed by atoms with Gasteiger partial charge in [0.2, 0.25) is 0 Å². The molecule has 8 aromatic rings. The minimum atomic E-state index is -0.273. The highest BCUT2D eigenvalue weighted by Gasteiger charge is 2.51. The standard InChI is InChI=1S/C35H34F2N2O.C18H21N3.C16H15ClF2/c36-29-16-12-27(13-17-29)31(28-14-18-30(37)19-15-28)10-6-22-38-23-20-35(21-24-38)33-11-5-4-9-32(33)34(40)39(35)25-26-7-2-1-3-8-26;1-2-5-15(6-3-1)13-21-14-16-7-4-10-20-17(16)18(21)8-11-19-12-9-18;17-11-1-2-16(12-3-7-14(18)8-4-12)13-5-9-15(19)10-6-13/h1-5,7-9,11-19,31H,6,10,20-25H2;1-7,10,19H,8-9,11-14H2;3-10,16H,1-2,11H2. The van der Waals surface area contributed by atoms with Gasteiger partial charge < -0.3 is 15.1 Å².